The van der Waals surface area contributed by atoms with Gasteiger partial charge in [0.05, 0.1) is 19.3 Å². The number of aromatic nitrogens is 1. The number of nitrogens with zero attached hydrogens (tertiary/aromatic N) is 1. The Morgan fingerprint density at radius 2 is 1.81 bits per heavy atom. The number of ether oxygens (including phenoxy) is 1. The third-order valence-corrected chi connectivity index (χ3v) is 4.30. The van der Waals surface area contributed by atoms with Gasteiger partial charge in [-0.05, 0) is 49.2 Å². The molecule has 5 nitrogen and oxygen atoms in total. The zero-order chi connectivity index (χ0) is 19.4. The van der Waals surface area contributed by atoms with E-state index in [4.69, 9.17) is 4.74 Å². The number of carbonyl (C=O) groups is 1. The fourth-order valence-electron chi connectivity index (χ4n) is 2.95. The molecule has 1 N–H and O–H groups in total. The number of benzene rings is 2. The zero-order valence-corrected chi connectivity index (χ0v) is 15.7. The van der Waals surface area contributed by atoms with Crippen molar-refractivity contribution in [2.75, 3.05) is 12.4 Å². The highest BCUT2D eigenvalue weighted by atomic mass is 16.5. The molecule has 0 bridgehead atoms. The van der Waals surface area contributed by atoms with Crippen molar-refractivity contribution in [3.05, 3.63) is 93.4 Å². The molecule has 0 fully saturated rings. The maximum absolute atomic E-state index is 12.8. The molecule has 0 atom stereocenters. The zero-order valence-electron chi connectivity index (χ0n) is 15.7. The van der Waals surface area contributed by atoms with Crippen molar-refractivity contribution in [1.82, 2.24) is 4.57 Å². The second-order valence-corrected chi connectivity index (χ2v) is 6.50. The van der Waals surface area contributed by atoms with E-state index in [0.717, 1.165) is 16.7 Å². The van der Waals surface area contributed by atoms with Crippen LogP contribution in [0.25, 0.3) is 0 Å². The summed E-state index contributed by atoms with van der Waals surface area (Å²) in [6, 6.07) is 16.7. The van der Waals surface area contributed by atoms with Crippen molar-refractivity contribution in [1.29, 1.82) is 0 Å². The first kappa shape index (κ1) is 18.5. The molecule has 0 saturated carbocycles. The molecule has 3 aromatic rings. The van der Waals surface area contributed by atoms with E-state index in [0.29, 0.717) is 18.0 Å². The molecular weight excluding hydrogens is 340 g/mol. The van der Waals surface area contributed by atoms with Crippen LogP contribution in [0, 0.1) is 13.8 Å². The van der Waals surface area contributed by atoms with E-state index in [1.54, 1.807) is 18.3 Å². The van der Waals surface area contributed by atoms with Crippen LogP contribution in [0.1, 0.15) is 27.0 Å². The molecule has 138 valence electrons. The summed E-state index contributed by atoms with van der Waals surface area (Å²) >= 11 is 0. The lowest BCUT2D eigenvalue weighted by Crippen LogP contribution is -2.29. The summed E-state index contributed by atoms with van der Waals surface area (Å²) in [5, 5.41) is 2.78. The number of nitrogens with one attached hydrogen (secondary N) is 1. The molecule has 0 aliphatic rings. The smallest absolute Gasteiger partial charge is 0.263 e. The first-order chi connectivity index (χ1) is 13.0. The molecule has 27 heavy (non-hydrogen) atoms. The van der Waals surface area contributed by atoms with Gasteiger partial charge in [-0.25, -0.2) is 0 Å². The number of amides is 1. The monoisotopic (exact) mass is 362 g/mol. The minimum absolute atomic E-state index is 0.0914. The van der Waals surface area contributed by atoms with E-state index in [9.17, 15) is 9.59 Å². The number of methoxy groups -OCH3 is 1. The molecule has 3 rings (SSSR count). The van der Waals surface area contributed by atoms with Crippen molar-refractivity contribution in [3.63, 3.8) is 0 Å². The van der Waals surface area contributed by atoms with Crippen LogP contribution in [-0.4, -0.2) is 17.6 Å². The van der Waals surface area contributed by atoms with E-state index in [2.05, 4.69) is 5.32 Å². The molecule has 1 aromatic heterocycles. The summed E-state index contributed by atoms with van der Waals surface area (Å²) in [5.41, 5.74) is 3.42. The Balaban J connectivity index is 1.88. The molecule has 1 amide bonds. The van der Waals surface area contributed by atoms with E-state index >= 15 is 0 Å². The van der Waals surface area contributed by atoms with Crippen LogP contribution in [0.5, 0.6) is 5.75 Å². The Morgan fingerprint density at radius 3 is 2.56 bits per heavy atom. The number of pyridine rings is 1. The van der Waals surface area contributed by atoms with E-state index in [1.807, 2.05) is 50.2 Å². The molecule has 1 heterocycles. The largest absolute Gasteiger partial charge is 0.495 e. The molecule has 0 spiro atoms. The van der Waals surface area contributed by atoms with Crippen LogP contribution in [0.3, 0.4) is 0 Å². The Bertz CT molecular complexity index is 1040. The van der Waals surface area contributed by atoms with Crippen molar-refractivity contribution in [2.45, 2.75) is 20.4 Å². The fourth-order valence-corrected chi connectivity index (χ4v) is 2.95. The highest BCUT2D eigenvalue weighted by Crippen LogP contribution is 2.25. The van der Waals surface area contributed by atoms with Crippen LogP contribution in [-0.2, 0) is 6.54 Å². The molecule has 0 aliphatic carbocycles. The Hall–Kier alpha value is -3.34. The summed E-state index contributed by atoms with van der Waals surface area (Å²) < 4.78 is 6.82. The predicted molar refractivity (Wildman–Crippen MR) is 107 cm³/mol. The van der Waals surface area contributed by atoms with Crippen LogP contribution in [0.2, 0.25) is 0 Å². The average molecular weight is 362 g/mol. The van der Waals surface area contributed by atoms with Gasteiger partial charge in [-0.15, -0.1) is 0 Å². The Morgan fingerprint density at radius 1 is 1.04 bits per heavy atom. The molecule has 0 saturated heterocycles. The maximum atomic E-state index is 12.8. The topological polar surface area (TPSA) is 60.3 Å². The SMILES string of the molecule is COc1ccc(C)cc1NC(=O)c1cccn(Cc2cccc(C)c2)c1=O. The number of hydrogen-bond donors (Lipinski definition) is 1. The molecule has 5 heteroatoms. The van der Waals surface area contributed by atoms with Gasteiger partial charge in [-0.1, -0.05) is 35.9 Å². The van der Waals surface area contributed by atoms with Gasteiger partial charge in [0.15, 0.2) is 0 Å². The molecule has 0 unspecified atom stereocenters. The van der Waals surface area contributed by atoms with Gasteiger partial charge in [-0.2, -0.15) is 0 Å². The summed E-state index contributed by atoms with van der Waals surface area (Å²) in [6.07, 6.45) is 1.69. The average Bonchev–Trinajstić information content (AvgIpc) is 2.63. The van der Waals surface area contributed by atoms with Crippen LogP contribution in [0.4, 0.5) is 5.69 Å². The van der Waals surface area contributed by atoms with Crippen LogP contribution >= 0.6 is 0 Å². The lowest BCUT2D eigenvalue weighted by Gasteiger charge is -2.12. The number of carbonyl (C=O) groups excluding carboxylic acids is 1. The molecular formula is C22H22N2O3. The number of hydrogen-bond acceptors (Lipinski definition) is 3. The molecule has 0 aliphatic heterocycles. The van der Waals surface area contributed by atoms with Gasteiger partial charge < -0.3 is 14.6 Å². The normalized spacial score (nSPS) is 10.5. The first-order valence-electron chi connectivity index (χ1n) is 8.69. The molecule has 2 aromatic carbocycles. The van der Waals surface area contributed by atoms with Crippen LogP contribution < -0.4 is 15.6 Å². The summed E-state index contributed by atoms with van der Waals surface area (Å²) in [5.74, 6) is 0.0902. The van der Waals surface area contributed by atoms with Crippen molar-refractivity contribution >= 4 is 11.6 Å². The number of rotatable bonds is 5. The highest BCUT2D eigenvalue weighted by molar-refractivity contribution is 6.04. The van der Waals surface area contributed by atoms with E-state index in [1.165, 1.54) is 17.7 Å². The Kier molecular flexibility index (Phi) is 5.41. The third kappa shape index (κ3) is 4.26. The lowest BCUT2D eigenvalue weighted by molar-refractivity contribution is 0.102. The first-order valence-corrected chi connectivity index (χ1v) is 8.69. The highest BCUT2D eigenvalue weighted by Gasteiger charge is 2.15. The minimum Gasteiger partial charge on any atom is -0.495 e. The van der Waals surface area contributed by atoms with Gasteiger partial charge in [0.2, 0.25) is 0 Å². The van der Waals surface area contributed by atoms with Crippen LogP contribution in [0.15, 0.2) is 65.6 Å². The summed E-state index contributed by atoms with van der Waals surface area (Å²) in [6.45, 7) is 4.34. The second kappa shape index (κ2) is 7.91. The van der Waals surface area contributed by atoms with Crippen molar-refractivity contribution in [2.24, 2.45) is 0 Å². The van der Waals surface area contributed by atoms with Gasteiger partial charge in [0, 0.05) is 6.20 Å². The van der Waals surface area contributed by atoms with Gasteiger partial charge >= 0.3 is 0 Å². The maximum Gasteiger partial charge on any atom is 0.263 e. The van der Waals surface area contributed by atoms with Gasteiger partial charge in [0.25, 0.3) is 11.5 Å². The molecule has 0 radical (unpaired) electrons. The van der Waals surface area contributed by atoms with E-state index in [-0.39, 0.29) is 11.1 Å². The number of aryl methyl sites for hydroxylation is 2. The standard InChI is InChI=1S/C22H22N2O3/c1-15-6-4-7-17(12-15)14-24-11-5-8-18(22(24)26)21(25)23-19-13-16(2)9-10-20(19)27-3/h4-13H,14H2,1-3H3,(H,23,25). The quantitative estimate of drug-likeness (QED) is 0.751. The van der Waals surface area contributed by atoms with Gasteiger partial charge in [0.1, 0.15) is 11.3 Å². The van der Waals surface area contributed by atoms with Gasteiger partial charge in [-0.3, -0.25) is 9.59 Å². The fraction of sp³-hybridized carbons (Fsp3) is 0.182. The number of anilines is 1. The predicted octanol–water partition coefficient (Wildman–Crippen LogP) is 3.77. The summed E-state index contributed by atoms with van der Waals surface area (Å²) in [4.78, 5) is 25.5. The third-order valence-electron chi connectivity index (χ3n) is 4.30. The van der Waals surface area contributed by atoms with Crippen molar-refractivity contribution < 1.29 is 9.53 Å². The van der Waals surface area contributed by atoms with Crippen molar-refractivity contribution in [3.8, 4) is 5.75 Å². The summed E-state index contributed by atoms with van der Waals surface area (Å²) in [7, 11) is 1.54. The Labute approximate surface area is 158 Å². The minimum atomic E-state index is -0.456. The second-order valence-electron chi connectivity index (χ2n) is 6.50. The van der Waals surface area contributed by atoms with E-state index < -0.39 is 5.91 Å². The lowest BCUT2D eigenvalue weighted by atomic mass is 10.1.